The lowest BCUT2D eigenvalue weighted by Gasteiger charge is -2.29. The molecule has 0 saturated heterocycles. The van der Waals surface area contributed by atoms with E-state index in [1.807, 2.05) is 12.1 Å². The molecule has 3 aromatic rings. The number of hydrogen-bond donors (Lipinski definition) is 2. The first-order chi connectivity index (χ1) is 21.7. The molecule has 0 fully saturated rings. The van der Waals surface area contributed by atoms with Crippen LogP contribution in [0, 0.1) is 3.57 Å². The molecule has 49 heavy (non-hydrogen) atoms. The average Bonchev–Trinajstić information content (AvgIpc) is 2.91. The Kier molecular flexibility index (Phi) is 17.3. The smallest absolute Gasteiger partial charge is 0.423 e. The van der Waals surface area contributed by atoms with Gasteiger partial charge in [-0.2, -0.15) is 57.1 Å². The maximum absolute atomic E-state index is 12.8. The standard InChI is InChI=1S/C8H6BF5O2.C8H4BrF5.C6H4BrI.C5H9F5Si/c10-7(11,8(12,13)14)5-2-1-3-6(4-5)9(15)16;9-6-3-1-2-5(4-6)7(10,11)8(12,13)14;7-5-2-1-3-6(8)4-5;1-11(2,3)5(9,10)4(6,7)8/h1-4,15-16H;1-4H;1-4H;1-3H3. The highest BCUT2D eigenvalue weighted by Crippen LogP contribution is 2.45. The molecule has 0 heterocycles. The third-order valence-corrected chi connectivity index (χ3v) is 9.36. The van der Waals surface area contributed by atoms with Crippen molar-refractivity contribution in [1.29, 1.82) is 0 Å². The molecule has 3 rings (SSSR count). The predicted molar refractivity (Wildman–Crippen MR) is 172 cm³/mol. The normalized spacial score (nSPS) is 12.8. The summed E-state index contributed by atoms with van der Waals surface area (Å²) >= 11 is 8.45. The van der Waals surface area contributed by atoms with Crippen LogP contribution >= 0.6 is 54.5 Å². The zero-order valence-electron chi connectivity index (χ0n) is 24.7. The molecule has 276 valence electrons. The van der Waals surface area contributed by atoms with Gasteiger partial charge in [-0.3, -0.25) is 0 Å². The molecule has 0 aliphatic rings. The Hall–Kier alpha value is -1.50. The second-order valence-corrected chi connectivity index (χ2v) is 18.6. The highest BCUT2D eigenvalue weighted by atomic mass is 127. The molecular weight excluding hydrogens is 967 g/mol. The summed E-state index contributed by atoms with van der Waals surface area (Å²) in [6.07, 6.45) is -16.7. The Morgan fingerprint density at radius 3 is 1.18 bits per heavy atom. The van der Waals surface area contributed by atoms with Crippen molar-refractivity contribution in [2.45, 2.75) is 55.6 Å². The van der Waals surface area contributed by atoms with Gasteiger partial charge in [0, 0.05) is 23.6 Å². The van der Waals surface area contributed by atoms with Crippen LogP contribution in [0.25, 0.3) is 0 Å². The van der Waals surface area contributed by atoms with Crippen LogP contribution in [0.5, 0.6) is 0 Å². The maximum Gasteiger partial charge on any atom is 0.488 e. The number of hydrogen-bond acceptors (Lipinski definition) is 2. The first-order valence-electron chi connectivity index (χ1n) is 12.7. The van der Waals surface area contributed by atoms with Crippen LogP contribution in [0.2, 0.25) is 19.6 Å². The Morgan fingerprint density at radius 2 is 0.918 bits per heavy atom. The van der Waals surface area contributed by atoms with Gasteiger partial charge in [-0.25, -0.2) is 8.78 Å². The van der Waals surface area contributed by atoms with E-state index in [2.05, 4.69) is 66.6 Å². The minimum absolute atomic E-state index is 0.180. The van der Waals surface area contributed by atoms with Gasteiger partial charge in [0.05, 0.1) is 0 Å². The van der Waals surface area contributed by atoms with Gasteiger partial charge in [-0.15, -0.1) is 0 Å². The van der Waals surface area contributed by atoms with Gasteiger partial charge in [-0.1, -0.05) is 94.0 Å². The number of rotatable bonds is 4. The number of benzene rings is 3. The van der Waals surface area contributed by atoms with Crippen molar-refractivity contribution in [3.63, 3.8) is 0 Å². The summed E-state index contributed by atoms with van der Waals surface area (Å²) in [5.74, 6) is -9.82. The van der Waals surface area contributed by atoms with Gasteiger partial charge in [-0.05, 0) is 58.4 Å². The second kappa shape index (κ2) is 17.8. The van der Waals surface area contributed by atoms with Gasteiger partial charge in [0.2, 0.25) is 0 Å². The zero-order chi connectivity index (χ0) is 39.0. The van der Waals surface area contributed by atoms with E-state index in [9.17, 15) is 65.9 Å². The predicted octanol–water partition coefficient (Wildman–Crippen LogP) is 11.2. The van der Waals surface area contributed by atoms with Gasteiger partial charge in [0.15, 0.2) is 0 Å². The minimum Gasteiger partial charge on any atom is -0.423 e. The topological polar surface area (TPSA) is 40.5 Å². The first-order valence-corrected chi connectivity index (χ1v) is 18.8. The molecule has 0 saturated carbocycles. The Bertz CT molecular complexity index is 1450. The fourth-order valence-electron chi connectivity index (χ4n) is 2.79. The SMILES string of the molecule is Brc1cccc(I)c1.C[Si](C)(C)C(F)(F)C(F)(F)F.FC(F)(F)C(F)(F)c1cccc(Br)c1.OB(O)c1cccc(C(F)(F)C(F)(F)F)c1. The van der Waals surface area contributed by atoms with Crippen molar-refractivity contribution in [2.24, 2.45) is 0 Å². The fraction of sp³-hybridized carbons (Fsp3) is 0.333. The van der Waals surface area contributed by atoms with Crippen molar-refractivity contribution in [3.05, 3.63) is 96.4 Å². The third kappa shape index (κ3) is 14.2. The monoisotopic (exact) mass is 988 g/mol. The van der Waals surface area contributed by atoms with Crippen LogP contribution in [0.15, 0.2) is 81.7 Å². The maximum atomic E-state index is 12.8. The van der Waals surface area contributed by atoms with E-state index in [1.165, 1.54) is 9.64 Å². The second-order valence-electron chi connectivity index (χ2n) is 10.4. The molecule has 0 aliphatic heterocycles. The quantitative estimate of drug-likeness (QED) is 0.155. The van der Waals surface area contributed by atoms with E-state index >= 15 is 0 Å². The molecule has 0 aromatic heterocycles. The highest BCUT2D eigenvalue weighted by molar-refractivity contribution is 14.1. The van der Waals surface area contributed by atoms with Crippen LogP contribution in [0.4, 0.5) is 65.9 Å². The van der Waals surface area contributed by atoms with E-state index in [-0.39, 0.29) is 4.47 Å². The lowest BCUT2D eigenvalue weighted by atomic mass is 9.79. The summed E-state index contributed by atoms with van der Waals surface area (Å²) in [6.45, 7) is 2.96. The number of halogens is 18. The van der Waals surface area contributed by atoms with Crippen LogP contribution in [-0.4, -0.2) is 49.3 Å². The van der Waals surface area contributed by atoms with Crippen molar-refractivity contribution in [3.8, 4) is 0 Å². The minimum atomic E-state index is -5.72. The molecule has 0 bridgehead atoms. The largest absolute Gasteiger partial charge is 0.488 e. The summed E-state index contributed by atoms with van der Waals surface area (Å²) in [5, 5.41) is 17.3. The fourth-order valence-corrected chi connectivity index (χ4v) is 5.41. The van der Waals surface area contributed by atoms with E-state index in [1.54, 1.807) is 0 Å². The van der Waals surface area contributed by atoms with E-state index in [0.717, 1.165) is 54.4 Å². The van der Waals surface area contributed by atoms with Gasteiger partial charge >= 0.3 is 43.0 Å². The Morgan fingerprint density at radius 1 is 0.551 bits per heavy atom. The highest BCUT2D eigenvalue weighted by Gasteiger charge is 2.65. The van der Waals surface area contributed by atoms with Crippen molar-refractivity contribution in [1.82, 2.24) is 0 Å². The van der Waals surface area contributed by atoms with Crippen molar-refractivity contribution >= 4 is 75.1 Å². The Labute approximate surface area is 301 Å². The molecular formula is C27H23BBr2F15IO2Si. The average molecular weight is 990 g/mol. The van der Waals surface area contributed by atoms with Crippen LogP contribution < -0.4 is 5.46 Å². The summed E-state index contributed by atoms with van der Waals surface area (Å²) < 4.78 is 185. The first kappa shape index (κ1) is 47.5. The van der Waals surface area contributed by atoms with Gasteiger partial charge in [0.25, 0.3) is 0 Å². The van der Waals surface area contributed by atoms with E-state index in [0.29, 0.717) is 12.1 Å². The van der Waals surface area contributed by atoms with E-state index in [4.69, 9.17) is 10.0 Å². The lowest BCUT2D eigenvalue weighted by Crippen LogP contribution is -2.55. The summed E-state index contributed by atoms with van der Waals surface area (Å²) in [5.41, 5.74) is -7.31. The van der Waals surface area contributed by atoms with Crippen LogP contribution in [0.3, 0.4) is 0 Å². The van der Waals surface area contributed by atoms with Gasteiger partial charge in [0.1, 0.15) is 8.07 Å². The molecule has 0 spiro atoms. The number of alkyl halides is 15. The Balaban J connectivity index is 0.000000645. The summed E-state index contributed by atoms with van der Waals surface area (Å²) in [6, 6.07) is 15.0. The van der Waals surface area contributed by atoms with Crippen LogP contribution in [-0.2, 0) is 11.8 Å². The van der Waals surface area contributed by atoms with Crippen molar-refractivity contribution < 1.29 is 75.9 Å². The molecule has 3 aromatic carbocycles. The van der Waals surface area contributed by atoms with Gasteiger partial charge < -0.3 is 10.0 Å². The molecule has 0 radical (unpaired) electrons. The molecule has 0 aliphatic carbocycles. The van der Waals surface area contributed by atoms with E-state index < -0.39 is 67.7 Å². The lowest BCUT2D eigenvalue weighted by molar-refractivity contribution is -0.289. The molecule has 0 atom stereocenters. The van der Waals surface area contributed by atoms with Crippen molar-refractivity contribution in [2.75, 3.05) is 0 Å². The molecule has 2 N–H and O–H groups in total. The molecule has 0 amide bonds. The molecule has 0 unspecified atom stereocenters. The molecule has 22 heteroatoms. The summed E-state index contributed by atoms with van der Waals surface area (Å²) in [4.78, 5) is 0. The zero-order valence-corrected chi connectivity index (χ0v) is 31.0. The molecule has 2 nitrogen and oxygen atoms in total. The summed E-state index contributed by atoms with van der Waals surface area (Å²) in [7, 11) is -5.57. The van der Waals surface area contributed by atoms with Crippen LogP contribution in [0.1, 0.15) is 11.1 Å². The third-order valence-electron chi connectivity index (χ3n) is 5.53.